The molecule has 1 heterocycles. The SMILES string of the molecule is CCOC(=O)C(C)(C)c1csc(NCCN(C)C2CC2)n1. The highest BCUT2D eigenvalue weighted by atomic mass is 32.1. The van der Waals surface area contributed by atoms with Crippen LogP contribution in [0.4, 0.5) is 5.13 Å². The third-order valence-electron chi connectivity index (χ3n) is 3.84. The average Bonchev–Trinajstić information content (AvgIpc) is 3.18. The lowest BCUT2D eigenvalue weighted by Gasteiger charge is -2.19. The molecule has 0 unspecified atom stereocenters. The predicted molar refractivity (Wildman–Crippen MR) is 85.9 cm³/mol. The number of carbonyl (C=O) groups is 1. The molecule has 0 bridgehead atoms. The highest BCUT2D eigenvalue weighted by molar-refractivity contribution is 7.13. The molecule has 2 rings (SSSR count). The molecule has 0 amide bonds. The summed E-state index contributed by atoms with van der Waals surface area (Å²) in [6, 6.07) is 0.779. The van der Waals surface area contributed by atoms with Crippen LogP contribution in [0, 0.1) is 0 Å². The van der Waals surface area contributed by atoms with E-state index >= 15 is 0 Å². The Balaban J connectivity index is 1.86. The molecule has 5 nitrogen and oxygen atoms in total. The largest absolute Gasteiger partial charge is 0.465 e. The van der Waals surface area contributed by atoms with Crippen molar-refractivity contribution in [3.8, 4) is 0 Å². The summed E-state index contributed by atoms with van der Waals surface area (Å²) >= 11 is 1.54. The van der Waals surface area contributed by atoms with E-state index in [1.54, 1.807) is 0 Å². The molecule has 0 aliphatic heterocycles. The van der Waals surface area contributed by atoms with E-state index in [1.165, 1.54) is 24.2 Å². The summed E-state index contributed by atoms with van der Waals surface area (Å²) in [4.78, 5) is 18.9. The van der Waals surface area contributed by atoms with E-state index in [4.69, 9.17) is 4.74 Å². The fraction of sp³-hybridized carbons (Fsp3) is 0.733. The van der Waals surface area contributed by atoms with Gasteiger partial charge in [0.25, 0.3) is 0 Å². The molecule has 0 radical (unpaired) electrons. The zero-order valence-corrected chi connectivity index (χ0v) is 14.1. The number of anilines is 1. The Morgan fingerprint density at radius 3 is 2.90 bits per heavy atom. The standard InChI is InChI=1S/C15H25N3O2S/c1-5-20-13(19)15(2,3)12-10-21-14(17-12)16-8-9-18(4)11-6-7-11/h10-11H,5-9H2,1-4H3,(H,16,17). The third-order valence-corrected chi connectivity index (χ3v) is 4.64. The molecule has 118 valence electrons. The third kappa shape index (κ3) is 4.17. The van der Waals surface area contributed by atoms with Crippen molar-refractivity contribution in [1.29, 1.82) is 0 Å². The number of hydrogen-bond acceptors (Lipinski definition) is 6. The van der Waals surface area contributed by atoms with Gasteiger partial charge >= 0.3 is 5.97 Å². The van der Waals surface area contributed by atoms with Crippen molar-refractivity contribution in [1.82, 2.24) is 9.88 Å². The van der Waals surface area contributed by atoms with Gasteiger partial charge in [-0.05, 0) is 40.7 Å². The first-order valence-electron chi connectivity index (χ1n) is 7.52. The quantitative estimate of drug-likeness (QED) is 0.748. The van der Waals surface area contributed by atoms with Crippen LogP contribution < -0.4 is 5.32 Å². The number of thiazole rings is 1. The van der Waals surface area contributed by atoms with Gasteiger partial charge in [0.15, 0.2) is 5.13 Å². The van der Waals surface area contributed by atoms with Gasteiger partial charge in [-0.25, -0.2) is 4.98 Å². The molecule has 0 aromatic carbocycles. The first-order valence-corrected chi connectivity index (χ1v) is 8.40. The molecule has 0 spiro atoms. The van der Waals surface area contributed by atoms with Gasteiger partial charge < -0.3 is 15.0 Å². The number of nitrogens with one attached hydrogen (secondary N) is 1. The number of likely N-dealkylation sites (N-methyl/N-ethyl adjacent to an activating group) is 1. The van der Waals surface area contributed by atoms with Crippen molar-refractivity contribution < 1.29 is 9.53 Å². The Bertz CT molecular complexity index is 483. The number of carbonyl (C=O) groups excluding carboxylic acids is 1. The lowest BCUT2D eigenvalue weighted by molar-refractivity contribution is -0.148. The van der Waals surface area contributed by atoms with Crippen LogP contribution in [0.5, 0.6) is 0 Å². The molecule has 6 heteroatoms. The van der Waals surface area contributed by atoms with Crippen molar-refractivity contribution in [2.24, 2.45) is 0 Å². The van der Waals surface area contributed by atoms with E-state index in [0.29, 0.717) is 6.61 Å². The molecule has 1 saturated carbocycles. The van der Waals surface area contributed by atoms with Gasteiger partial charge in [-0.3, -0.25) is 4.79 Å². The van der Waals surface area contributed by atoms with E-state index in [-0.39, 0.29) is 5.97 Å². The van der Waals surface area contributed by atoms with Crippen LogP contribution in [0.1, 0.15) is 39.3 Å². The smallest absolute Gasteiger partial charge is 0.317 e. The lowest BCUT2D eigenvalue weighted by Crippen LogP contribution is -2.31. The fourth-order valence-corrected chi connectivity index (χ4v) is 3.00. The van der Waals surface area contributed by atoms with Gasteiger partial charge in [-0.15, -0.1) is 11.3 Å². The average molecular weight is 311 g/mol. The van der Waals surface area contributed by atoms with Crippen molar-refractivity contribution in [3.63, 3.8) is 0 Å². The Morgan fingerprint density at radius 1 is 1.57 bits per heavy atom. The van der Waals surface area contributed by atoms with Crippen LogP contribution >= 0.6 is 11.3 Å². The maximum Gasteiger partial charge on any atom is 0.317 e. The first kappa shape index (κ1) is 16.2. The molecular weight excluding hydrogens is 286 g/mol. The second-order valence-corrected chi connectivity index (χ2v) is 6.88. The molecule has 0 atom stereocenters. The van der Waals surface area contributed by atoms with Crippen LogP contribution in [-0.2, 0) is 14.9 Å². The molecule has 1 aromatic rings. The zero-order chi connectivity index (χ0) is 15.5. The summed E-state index contributed by atoms with van der Waals surface area (Å²) in [6.07, 6.45) is 2.65. The number of hydrogen-bond donors (Lipinski definition) is 1. The van der Waals surface area contributed by atoms with Crippen molar-refractivity contribution in [3.05, 3.63) is 11.1 Å². The second-order valence-electron chi connectivity index (χ2n) is 6.02. The van der Waals surface area contributed by atoms with Crippen LogP contribution in [-0.4, -0.2) is 48.6 Å². The van der Waals surface area contributed by atoms with Gasteiger partial charge in [0, 0.05) is 24.5 Å². The predicted octanol–water partition coefficient (Wildman–Crippen LogP) is 2.49. The summed E-state index contributed by atoms with van der Waals surface area (Å²) < 4.78 is 5.11. The second kappa shape index (κ2) is 6.75. The molecule has 1 fully saturated rings. The lowest BCUT2D eigenvalue weighted by atomic mass is 9.90. The molecule has 1 N–H and O–H groups in total. The van der Waals surface area contributed by atoms with Gasteiger partial charge in [0.2, 0.25) is 0 Å². The van der Waals surface area contributed by atoms with Crippen molar-refractivity contribution >= 4 is 22.4 Å². The summed E-state index contributed by atoms with van der Waals surface area (Å²) in [6.45, 7) is 7.80. The van der Waals surface area contributed by atoms with E-state index in [2.05, 4.69) is 22.2 Å². The number of esters is 1. The number of ether oxygens (including phenoxy) is 1. The normalized spacial score (nSPS) is 15.3. The maximum atomic E-state index is 12.0. The van der Waals surface area contributed by atoms with Crippen LogP contribution in [0.3, 0.4) is 0 Å². The van der Waals surface area contributed by atoms with Gasteiger partial charge in [-0.2, -0.15) is 0 Å². The Labute approximate surface area is 130 Å². The maximum absolute atomic E-state index is 12.0. The van der Waals surface area contributed by atoms with E-state index in [1.807, 2.05) is 26.2 Å². The highest BCUT2D eigenvalue weighted by Gasteiger charge is 2.34. The van der Waals surface area contributed by atoms with Crippen molar-refractivity contribution in [2.75, 3.05) is 32.1 Å². The zero-order valence-electron chi connectivity index (χ0n) is 13.3. The molecule has 1 aliphatic rings. The van der Waals surface area contributed by atoms with Crippen LogP contribution in [0.25, 0.3) is 0 Å². The van der Waals surface area contributed by atoms with Crippen LogP contribution in [0.2, 0.25) is 0 Å². The Morgan fingerprint density at radius 2 is 2.29 bits per heavy atom. The fourth-order valence-electron chi connectivity index (χ4n) is 2.10. The van der Waals surface area contributed by atoms with E-state index < -0.39 is 5.41 Å². The summed E-state index contributed by atoms with van der Waals surface area (Å²) in [5.41, 5.74) is 0.0704. The molecule has 1 aliphatic carbocycles. The summed E-state index contributed by atoms with van der Waals surface area (Å²) in [5.74, 6) is -0.227. The molecular formula is C15H25N3O2S. The number of rotatable bonds is 8. The van der Waals surface area contributed by atoms with Gasteiger partial charge in [0.1, 0.15) is 5.41 Å². The number of aromatic nitrogens is 1. The van der Waals surface area contributed by atoms with E-state index in [9.17, 15) is 4.79 Å². The molecule has 0 saturated heterocycles. The minimum absolute atomic E-state index is 0.227. The Kier molecular flexibility index (Phi) is 5.22. The minimum Gasteiger partial charge on any atom is -0.465 e. The summed E-state index contributed by atoms with van der Waals surface area (Å²) in [5, 5.41) is 6.14. The first-order chi connectivity index (χ1) is 9.95. The van der Waals surface area contributed by atoms with Crippen molar-refractivity contribution in [2.45, 2.75) is 45.1 Å². The summed E-state index contributed by atoms with van der Waals surface area (Å²) in [7, 11) is 2.16. The molecule has 21 heavy (non-hydrogen) atoms. The highest BCUT2D eigenvalue weighted by Crippen LogP contribution is 2.28. The topological polar surface area (TPSA) is 54.5 Å². The number of nitrogens with zero attached hydrogens (tertiary/aromatic N) is 2. The van der Waals surface area contributed by atoms with Gasteiger partial charge in [-0.1, -0.05) is 0 Å². The molecule has 1 aromatic heterocycles. The minimum atomic E-state index is -0.697. The monoisotopic (exact) mass is 311 g/mol. The van der Waals surface area contributed by atoms with Crippen LogP contribution in [0.15, 0.2) is 5.38 Å². The van der Waals surface area contributed by atoms with Gasteiger partial charge in [0.05, 0.1) is 12.3 Å². The Hall–Kier alpha value is -1.14. The van der Waals surface area contributed by atoms with E-state index in [0.717, 1.165) is 30.0 Å².